The molecule has 148 valence electrons. The number of H-pyrrole nitrogens is 1. The lowest BCUT2D eigenvalue weighted by molar-refractivity contribution is 0.0513. The van der Waals surface area contributed by atoms with E-state index in [1.54, 1.807) is 32.0 Å². The maximum absolute atomic E-state index is 12.0. The number of aromatic amines is 1. The summed E-state index contributed by atoms with van der Waals surface area (Å²) < 4.78 is 12.2. The maximum Gasteiger partial charge on any atom is 0.354 e. The van der Waals surface area contributed by atoms with Crippen LogP contribution in [0.15, 0.2) is 30.3 Å². The number of nitrogens with zero attached hydrogens (tertiary/aromatic N) is 2. The number of hydrogen-bond donors (Lipinski definition) is 1. The van der Waals surface area contributed by atoms with Gasteiger partial charge in [-0.1, -0.05) is 19.1 Å². The first-order valence-electron chi connectivity index (χ1n) is 9.58. The molecule has 0 aliphatic carbocycles. The molecular formula is C21H25N3O4. The number of ether oxygens (including phenoxy) is 2. The lowest BCUT2D eigenvalue weighted by Gasteiger charge is -2.09. The van der Waals surface area contributed by atoms with Crippen molar-refractivity contribution in [3.8, 4) is 0 Å². The number of esters is 2. The molecular weight excluding hydrogens is 358 g/mol. The monoisotopic (exact) mass is 383 g/mol. The highest BCUT2D eigenvalue weighted by Crippen LogP contribution is 2.21. The normalized spacial score (nSPS) is 11.0. The molecule has 0 bridgehead atoms. The summed E-state index contributed by atoms with van der Waals surface area (Å²) in [6.45, 7) is 6.92. The van der Waals surface area contributed by atoms with Crippen LogP contribution in [-0.4, -0.2) is 39.7 Å². The topological polar surface area (TPSA) is 86.2 Å². The number of imidazole rings is 1. The Morgan fingerprint density at radius 2 is 1.71 bits per heavy atom. The number of carbonyl (C=O) groups excluding carboxylic acids is 2. The Morgan fingerprint density at radius 1 is 1.04 bits per heavy atom. The van der Waals surface area contributed by atoms with Gasteiger partial charge in [-0.2, -0.15) is 0 Å². The molecule has 2 heterocycles. The molecule has 1 N–H and O–H groups in total. The number of nitrogens with one attached hydrogen (secondary N) is 1. The van der Waals surface area contributed by atoms with Gasteiger partial charge >= 0.3 is 11.9 Å². The molecule has 3 rings (SSSR count). The Hall–Kier alpha value is -3.09. The van der Waals surface area contributed by atoms with Crippen molar-refractivity contribution >= 4 is 23.1 Å². The van der Waals surface area contributed by atoms with E-state index in [0.29, 0.717) is 31.0 Å². The number of rotatable bonds is 8. The number of aromatic nitrogens is 3. The van der Waals surface area contributed by atoms with Gasteiger partial charge in [-0.15, -0.1) is 0 Å². The third-order valence-corrected chi connectivity index (χ3v) is 4.38. The van der Waals surface area contributed by atoms with Crippen molar-refractivity contribution in [1.82, 2.24) is 14.5 Å². The van der Waals surface area contributed by atoms with Crippen LogP contribution in [0.1, 0.15) is 59.4 Å². The zero-order valence-electron chi connectivity index (χ0n) is 16.4. The van der Waals surface area contributed by atoms with Crippen LogP contribution in [0.2, 0.25) is 0 Å². The minimum absolute atomic E-state index is 0.323. The average Bonchev–Trinajstić information content (AvgIpc) is 3.22. The van der Waals surface area contributed by atoms with Gasteiger partial charge < -0.3 is 19.0 Å². The first kappa shape index (κ1) is 19.7. The molecule has 0 unspecified atom stereocenters. The van der Waals surface area contributed by atoms with Crippen LogP contribution in [0.3, 0.4) is 0 Å². The molecule has 7 heteroatoms. The molecule has 3 aromatic rings. The van der Waals surface area contributed by atoms with E-state index in [1.165, 1.54) is 0 Å². The van der Waals surface area contributed by atoms with Crippen LogP contribution in [0.5, 0.6) is 0 Å². The number of fused-ring (bicyclic) bond motifs is 1. The molecule has 2 aromatic heterocycles. The molecule has 0 saturated heterocycles. The summed E-state index contributed by atoms with van der Waals surface area (Å²) >= 11 is 0. The molecule has 0 aliphatic rings. The van der Waals surface area contributed by atoms with Gasteiger partial charge in [0.2, 0.25) is 0 Å². The molecule has 0 amide bonds. The van der Waals surface area contributed by atoms with Crippen LogP contribution < -0.4 is 0 Å². The lowest BCUT2D eigenvalue weighted by Crippen LogP contribution is -2.09. The van der Waals surface area contributed by atoms with Crippen LogP contribution in [0.4, 0.5) is 0 Å². The van der Waals surface area contributed by atoms with Crippen molar-refractivity contribution in [2.45, 2.75) is 40.2 Å². The van der Waals surface area contributed by atoms with Gasteiger partial charge in [0.05, 0.1) is 25.3 Å². The number of benzene rings is 1. The lowest BCUT2D eigenvalue weighted by atomic mass is 10.1. The summed E-state index contributed by atoms with van der Waals surface area (Å²) in [4.78, 5) is 31.7. The van der Waals surface area contributed by atoms with Gasteiger partial charge in [0, 0.05) is 6.42 Å². The Kier molecular flexibility index (Phi) is 6.13. The minimum atomic E-state index is -0.386. The fourth-order valence-corrected chi connectivity index (χ4v) is 3.10. The van der Waals surface area contributed by atoms with Gasteiger partial charge in [-0.3, -0.25) is 0 Å². The van der Waals surface area contributed by atoms with Crippen LogP contribution in [0, 0.1) is 0 Å². The highest BCUT2D eigenvalue weighted by molar-refractivity contribution is 5.93. The fourth-order valence-electron chi connectivity index (χ4n) is 3.10. The predicted molar refractivity (Wildman–Crippen MR) is 106 cm³/mol. The Labute approximate surface area is 163 Å². The third kappa shape index (κ3) is 4.08. The van der Waals surface area contributed by atoms with Crippen LogP contribution in [-0.2, 0) is 22.4 Å². The first-order chi connectivity index (χ1) is 13.6. The zero-order chi connectivity index (χ0) is 20.1. The van der Waals surface area contributed by atoms with E-state index in [4.69, 9.17) is 9.47 Å². The smallest absolute Gasteiger partial charge is 0.354 e. The van der Waals surface area contributed by atoms with E-state index in [1.807, 2.05) is 12.1 Å². The molecule has 28 heavy (non-hydrogen) atoms. The highest BCUT2D eigenvalue weighted by Gasteiger charge is 2.17. The van der Waals surface area contributed by atoms with Crippen molar-refractivity contribution in [3.63, 3.8) is 0 Å². The summed E-state index contributed by atoms with van der Waals surface area (Å²) in [6.07, 6.45) is 1.80. The quantitative estimate of drug-likeness (QED) is 0.599. The fraction of sp³-hybridized carbons (Fsp3) is 0.381. The minimum Gasteiger partial charge on any atom is -0.462 e. The van der Waals surface area contributed by atoms with E-state index in [9.17, 15) is 9.59 Å². The Bertz CT molecular complexity index is 970. The van der Waals surface area contributed by atoms with Crippen LogP contribution >= 0.6 is 0 Å². The Morgan fingerprint density at radius 3 is 2.36 bits per heavy atom. The van der Waals surface area contributed by atoms with E-state index in [-0.39, 0.29) is 11.9 Å². The predicted octanol–water partition coefficient (Wildman–Crippen LogP) is 3.72. The summed E-state index contributed by atoms with van der Waals surface area (Å²) in [6, 6.07) is 9.07. The van der Waals surface area contributed by atoms with Gasteiger partial charge in [0.15, 0.2) is 0 Å². The largest absolute Gasteiger partial charge is 0.462 e. The summed E-state index contributed by atoms with van der Waals surface area (Å²) in [5, 5.41) is 0. The van der Waals surface area contributed by atoms with E-state index < -0.39 is 0 Å². The SMILES string of the molecule is CCCc1nc2cc(C(=O)OCC)[nH]c2n1Cc1ccc(C(=O)OCC)cc1. The molecule has 1 aromatic carbocycles. The second-order valence-corrected chi connectivity index (χ2v) is 6.42. The molecule has 0 aliphatic heterocycles. The third-order valence-electron chi connectivity index (χ3n) is 4.38. The number of carbonyl (C=O) groups is 2. The van der Waals surface area contributed by atoms with Crippen molar-refractivity contribution in [3.05, 3.63) is 53.0 Å². The van der Waals surface area contributed by atoms with Gasteiger partial charge in [-0.25, -0.2) is 14.6 Å². The molecule has 0 fully saturated rings. The van der Waals surface area contributed by atoms with E-state index in [0.717, 1.165) is 35.4 Å². The van der Waals surface area contributed by atoms with Gasteiger partial charge in [0.25, 0.3) is 0 Å². The van der Waals surface area contributed by atoms with Gasteiger partial charge in [0.1, 0.15) is 22.7 Å². The zero-order valence-corrected chi connectivity index (χ0v) is 16.4. The Balaban J connectivity index is 1.90. The van der Waals surface area contributed by atoms with Crippen LogP contribution in [0.25, 0.3) is 11.2 Å². The van der Waals surface area contributed by atoms with E-state index >= 15 is 0 Å². The second kappa shape index (κ2) is 8.73. The number of hydrogen-bond acceptors (Lipinski definition) is 5. The second-order valence-electron chi connectivity index (χ2n) is 6.42. The van der Waals surface area contributed by atoms with Crippen molar-refractivity contribution < 1.29 is 19.1 Å². The summed E-state index contributed by atoms with van der Waals surface area (Å²) in [5.74, 6) is 0.241. The highest BCUT2D eigenvalue weighted by atomic mass is 16.5. The number of aryl methyl sites for hydroxylation is 1. The van der Waals surface area contributed by atoms with Crippen molar-refractivity contribution in [2.75, 3.05) is 13.2 Å². The standard InChI is InChI=1S/C21H25N3O4/c1-4-7-18-22-16-12-17(21(26)28-6-3)23-19(16)24(18)13-14-8-10-15(11-9-14)20(25)27-5-2/h8-12,23H,4-7,13H2,1-3H3. The molecule has 0 atom stereocenters. The maximum atomic E-state index is 12.0. The van der Waals surface area contributed by atoms with E-state index in [2.05, 4.69) is 21.5 Å². The first-order valence-corrected chi connectivity index (χ1v) is 9.58. The van der Waals surface area contributed by atoms with Crippen molar-refractivity contribution in [1.29, 1.82) is 0 Å². The summed E-state index contributed by atoms with van der Waals surface area (Å²) in [7, 11) is 0. The summed E-state index contributed by atoms with van der Waals surface area (Å²) in [5.41, 5.74) is 3.49. The molecule has 0 saturated carbocycles. The van der Waals surface area contributed by atoms with Crippen molar-refractivity contribution in [2.24, 2.45) is 0 Å². The van der Waals surface area contributed by atoms with Gasteiger partial charge in [-0.05, 0) is 44.0 Å². The molecule has 0 radical (unpaired) electrons. The average molecular weight is 383 g/mol. The molecule has 0 spiro atoms. The molecule has 7 nitrogen and oxygen atoms in total.